The van der Waals surface area contributed by atoms with Gasteiger partial charge in [-0.05, 0) is 19.8 Å². The van der Waals surface area contributed by atoms with Gasteiger partial charge in [-0.25, -0.2) is 0 Å². The molecule has 0 aliphatic heterocycles. The second-order valence-corrected chi connectivity index (χ2v) is 3.79. The van der Waals surface area contributed by atoms with Gasteiger partial charge in [0.2, 0.25) is 5.83 Å². The summed E-state index contributed by atoms with van der Waals surface area (Å²) in [6, 6.07) is 0. The Kier molecular flexibility index (Phi) is 3.88. The molecule has 0 saturated heterocycles. The smallest absolute Gasteiger partial charge is 0.199 e. The fraction of sp³-hybridized carbons (Fsp3) is 0.455. The van der Waals surface area contributed by atoms with Gasteiger partial charge in [-0.2, -0.15) is 22.0 Å². The zero-order chi connectivity index (χ0) is 12.3. The third-order valence-electron chi connectivity index (χ3n) is 2.38. The standard InChI is InChI=1S/C11H11F5/c1-7-2-4-8(5-3-7)6-11(15,16)9(12)10(13)14/h2,4H,3,5-6H2,1H3. The van der Waals surface area contributed by atoms with E-state index in [2.05, 4.69) is 0 Å². The minimum atomic E-state index is -4.11. The average molecular weight is 238 g/mol. The predicted octanol–water partition coefficient (Wildman–Crippen LogP) is 4.76. The Morgan fingerprint density at radius 1 is 1.19 bits per heavy atom. The first kappa shape index (κ1) is 12.9. The molecule has 0 aromatic carbocycles. The number of halogens is 5. The van der Waals surface area contributed by atoms with Gasteiger partial charge in [-0.1, -0.05) is 23.3 Å². The molecule has 0 nitrogen and oxygen atoms in total. The molecule has 0 spiro atoms. The Bertz CT molecular complexity index is 359. The van der Waals surface area contributed by atoms with E-state index in [0.717, 1.165) is 5.57 Å². The van der Waals surface area contributed by atoms with E-state index in [9.17, 15) is 22.0 Å². The van der Waals surface area contributed by atoms with Crippen LogP contribution in [0.2, 0.25) is 0 Å². The third kappa shape index (κ3) is 3.18. The zero-order valence-electron chi connectivity index (χ0n) is 8.67. The van der Waals surface area contributed by atoms with Gasteiger partial charge in [0, 0.05) is 6.42 Å². The van der Waals surface area contributed by atoms with Gasteiger partial charge in [0.15, 0.2) is 0 Å². The maximum atomic E-state index is 13.0. The van der Waals surface area contributed by atoms with Crippen LogP contribution in [0, 0.1) is 0 Å². The van der Waals surface area contributed by atoms with Crippen LogP contribution >= 0.6 is 0 Å². The molecule has 5 heteroatoms. The first-order valence-corrected chi connectivity index (χ1v) is 4.77. The van der Waals surface area contributed by atoms with Crippen molar-refractivity contribution in [3.8, 4) is 0 Å². The Hall–Kier alpha value is -1.13. The number of allylic oxidation sites excluding steroid dienone is 5. The summed E-state index contributed by atoms with van der Waals surface area (Å²) in [5.41, 5.74) is 1.31. The van der Waals surface area contributed by atoms with Crippen LogP contribution < -0.4 is 0 Å². The summed E-state index contributed by atoms with van der Waals surface area (Å²) in [6.07, 6.45) is 0.108. The first-order chi connectivity index (χ1) is 7.33. The predicted molar refractivity (Wildman–Crippen MR) is 51.0 cm³/mol. The van der Waals surface area contributed by atoms with Gasteiger partial charge in [0.1, 0.15) is 0 Å². The van der Waals surface area contributed by atoms with E-state index in [1.165, 1.54) is 6.08 Å². The highest BCUT2D eigenvalue weighted by atomic mass is 19.3. The lowest BCUT2D eigenvalue weighted by molar-refractivity contribution is 0.0105. The lowest BCUT2D eigenvalue weighted by Gasteiger charge is -2.18. The summed E-state index contributed by atoms with van der Waals surface area (Å²) in [7, 11) is 0. The van der Waals surface area contributed by atoms with E-state index in [4.69, 9.17) is 0 Å². The summed E-state index contributed by atoms with van der Waals surface area (Å²) in [5.74, 6) is -6.73. The molecule has 0 saturated carbocycles. The second kappa shape index (κ2) is 4.80. The van der Waals surface area contributed by atoms with Crippen molar-refractivity contribution in [2.24, 2.45) is 0 Å². The number of alkyl halides is 2. The van der Waals surface area contributed by atoms with Crippen LogP contribution in [0.15, 0.2) is 35.2 Å². The minimum Gasteiger partial charge on any atom is -0.199 e. The van der Waals surface area contributed by atoms with E-state index in [1.807, 2.05) is 6.92 Å². The van der Waals surface area contributed by atoms with Crippen LogP contribution in [0.4, 0.5) is 22.0 Å². The number of rotatable bonds is 3. The molecule has 90 valence electrons. The first-order valence-electron chi connectivity index (χ1n) is 4.77. The molecular formula is C11H11F5. The van der Waals surface area contributed by atoms with Gasteiger partial charge >= 0.3 is 12.0 Å². The maximum Gasteiger partial charge on any atom is 0.307 e. The van der Waals surface area contributed by atoms with Crippen molar-refractivity contribution in [2.75, 3.05) is 0 Å². The van der Waals surface area contributed by atoms with E-state index in [0.29, 0.717) is 12.8 Å². The molecule has 1 rings (SSSR count). The summed E-state index contributed by atoms with van der Waals surface area (Å²) >= 11 is 0. The lowest BCUT2D eigenvalue weighted by Crippen LogP contribution is -2.19. The van der Waals surface area contributed by atoms with Gasteiger partial charge in [-0.3, -0.25) is 0 Å². The molecule has 1 aliphatic rings. The average Bonchev–Trinajstić information content (AvgIpc) is 2.20. The summed E-state index contributed by atoms with van der Waals surface area (Å²) in [6.45, 7) is 1.84. The molecule has 0 radical (unpaired) electrons. The largest absolute Gasteiger partial charge is 0.307 e. The Morgan fingerprint density at radius 3 is 2.25 bits per heavy atom. The highest BCUT2D eigenvalue weighted by Gasteiger charge is 2.39. The summed E-state index contributed by atoms with van der Waals surface area (Å²) in [5, 5.41) is 0. The maximum absolute atomic E-state index is 13.0. The second-order valence-electron chi connectivity index (χ2n) is 3.79. The monoisotopic (exact) mass is 238 g/mol. The van der Waals surface area contributed by atoms with Gasteiger partial charge in [-0.15, -0.1) is 0 Å². The summed E-state index contributed by atoms with van der Waals surface area (Å²) < 4.78 is 61.9. The topological polar surface area (TPSA) is 0 Å². The van der Waals surface area contributed by atoms with E-state index in [-0.39, 0.29) is 5.57 Å². The Balaban J connectivity index is 2.78. The molecule has 0 aromatic rings. The van der Waals surface area contributed by atoms with E-state index >= 15 is 0 Å². The molecule has 0 amide bonds. The van der Waals surface area contributed by atoms with Gasteiger partial charge in [0.05, 0.1) is 0 Å². The van der Waals surface area contributed by atoms with Crippen molar-refractivity contribution in [2.45, 2.75) is 32.1 Å². The highest BCUT2D eigenvalue weighted by molar-refractivity contribution is 5.25. The minimum absolute atomic E-state index is 0.284. The molecule has 0 bridgehead atoms. The third-order valence-corrected chi connectivity index (χ3v) is 2.38. The fourth-order valence-corrected chi connectivity index (χ4v) is 1.43. The Labute approximate surface area is 90.1 Å². The van der Waals surface area contributed by atoms with E-state index in [1.54, 1.807) is 6.08 Å². The Morgan fingerprint density at radius 2 is 1.81 bits per heavy atom. The van der Waals surface area contributed by atoms with Crippen molar-refractivity contribution in [1.29, 1.82) is 0 Å². The molecule has 1 aliphatic carbocycles. The van der Waals surface area contributed by atoms with Gasteiger partial charge in [0.25, 0.3) is 0 Å². The molecule has 0 fully saturated rings. The molecule has 0 heterocycles. The van der Waals surface area contributed by atoms with Crippen LogP contribution in [0.5, 0.6) is 0 Å². The highest BCUT2D eigenvalue weighted by Crippen LogP contribution is 2.37. The normalized spacial score (nSPS) is 16.6. The van der Waals surface area contributed by atoms with Crippen molar-refractivity contribution in [3.05, 3.63) is 35.2 Å². The van der Waals surface area contributed by atoms with Crippen molar-refractivity contribution < 1.29 is 22.0 Å². The molecule has 0 N–H and O–H groups in total. The van der Waals surface area contributed by atoms with Crippen molar-refractivity contribution in [3.63, 3.8) is 0 Å². The van der Waals surface area contributed by atoms with Crippen molar-refractivity contribution in [1.82, 2.24) is 0 Å². The molecule has 16 heavy (non-hydrogen) atoms. The number of hydrogen-bond acceptors (Lipinski definition) is 0. The van der Waals surface area contributed by atoms with Gasteiger partial charge < -0.3 is 0 Å². The van der Waals surface area contributed by atoms with Crippen LogP contribution in [-0.4, -0.2) is 5.92 Å². The molecular weight excluding hydrogens is 227 g/mol. The molecule has 0 aromatic heterocycles. The van der Waals surface area contributed by atoms with Crippen LogP contribution in [-0.2, 0) is 0 Å². The summed E-state index contributed by atoms with van der Waals surface area (Å²) in [4.78, 5) is 0. The van der Waals surface area contributed by atoms with Crippen LogP contribution in [0.1, 0.15) is 26.2 Å². The fourth-order valence-electron chi connectivity index (χ4n) is 1.43. The van der Waals surface area contributed by atoms with Crippen LogP contribution in [0.3, 0.4) is 0 Å². The molecule has 0 atom stereocenters. The lowest BCUT2D eigenvalue weighted by atomic mass is 9.95. The quantitative estimate of drug-likeness (QED) is 0.622. The molecule has 0 unspecified atom stereocenters. The van der Waals surface area contributed by atoms with E-state index < -0.39 is 24.3 Å². The zero-order valence-corrected chi connectivity index (χ0v) is 8.67. The van der Waals surface area contributed by atoms with Crippen molar-refractivity contribution >= 4 is 0 Å². The SMILES string of the molecule is CC1=CC=C(CC(F)(F)C(F)=C(F)F)CC1. The number of hydrogen-bond donors (Lipinski definition) is 0. The van der Waals surface area contributed by atoms with Crippen LogP contribution in [0.25, 0.3) is 0 Å².